The number of nitrogens with one attached hydrogen (secondary N) is 3. The summed E-state index contributed by atoms with van der Waals surface area (Å²) in [6.07, 6.45) is 7.29. The second-order valence-electron chi connectivity index (χ2n) is 12.3. The maximum absolute atomic E-state index is 13.0. The summed E-state index contributed by atoms with van der Waals surface area (Å²) in [4.78, 5) is 65.8. The molecule has 2 saturated heterocycles. The van der Waals surface area contributed by atoms with E-state index in [1.807, 2.05) is 12.1 Å². The molecule has 1 unspecified atom stereocenters. The van der Waals surface area contributed by atoms with Gasteiger partial charge >= 0.3 is 0 Å². The fourth-order valence-electron chi connectivity index (χ4n) is 6.59. The van der Waals surface area contributed by atoms with Crippen LogP contribution in [0.25, 0.3) is 10.9 Å². The van der Waals surface area contributed by atoms with Crippen LogP contribution < -0.4 is 15.4 Å². The Hall–Kier alpha value is -5.54. The van der Waals surface area contributed by atoms with Crippen LogP contribution in [0.4, 0.5) is 5.82 Å². The van der Waals surface area contributed by atoms with Crippen LogP contribution in [-0.4, -0.2) is 74.6 Å². The highest BCUT2D eigenvalue weighted by Crippen LogP contribution is 2.32. The number of imide groups is 1. The minimum Gasteiger partial charge on any atom is -0.478 e. The molecule has 3 aromatic heterocycles. The number of aromatic amines is 1. The van der Waals surface area contributed by atoms with Crippen LogP contribution in [0.15, 0.2) is 54.9 Å². The van der Waals surface area contributed by atoms with E-state index in [1.54, 1.807) is 30.5 Å². The normalized spacial score (nSPS) is 19.2. The number of hydrogen-bond acceptors (Lipinski definition) is 8. The fourth-order valence-corrected chi connectivity index (χ4v) is 6.59. The lowest BCUT2D eigenvalue weighted by molar-refractivity contribution is -0.136. The van der Waals surface area contributed by atoms with Crippen molar-refractivity contribution >= 4 is 40.3 Å². The number of benzene rings is 1. The number of nitrogens with zero attached hydrogens (tertiary/aromatic N) is 4. The molecule has 3 N–H and O–H groups in total. The van der Waals surface area contributed by atoms with Gasteiger partial charge in [0.2, 0.25) is 17.7 Å². The van der Waals surface area contributed by atoms with Gasteiger partial charge in [0.15, 0.2) is 0 Å². The molecule has 6 heterocycles. The van der Waals surface area contributed by atoms with Gasteiger partial charge in [0.1, 0.15) is 11.9 Å². The smallest absolute Gasteiger partial charge is 0.258 e. The number of hydrogen-bond donors (Lipinski definition) is 3. The van der Waals surface area contributed by atoms with Crippen molar-refractivity contribution in [1.29, 1.82) is 0 Å². The van der Waals surface area contributed by atoms with Gasteiger partial charge in [-0.3, -0.25) is 29.4 Å². The number of carbonyl (C=O) groups excluding carboxylic acids is 4. The first-order valence-electron chi connectivity index (χ1n) is 16.2. The predicted octanol–water partition coefficient (Wildman–Crippen LogP) is 3.95. The Balaban J connectivity index is 0.886. The molecule has 12 nitrogen and oxygen atoms in total. The van der Waals surface area contributed by atoms with Gasteiger partial charge in [-0.15, -0.1) is 0 Å². The van der Waals surface area contributed by atoms with Crippen molar-refractivity contribution in [2.24, 2.45) is 0 Å². The van der Waals surface area contributed by atoms with Gasteiger partial charge in [-0.2, -0.15) is 0 Å². The van der Waals surface area contributed by atoms with Crippen LogP contribution in [0.3, 0.4) is 0 Å². The third kappa shape index (κ3) is 6.37. The molecular weight excluding hydrogens is 610 g/mol. The van der Waals surface area contributed by atoms with Gasteiger partial charge in [-0.1, -0.05) is 17.9 Å². The molecule has 12 heteroatoms. The average Bonchev–Trinajstić information content (AvgIpc) is 3.79. The molecule has 2 atom stereocenters. The van der Waals surface area contributed by atoms with Crippen LogP contribution >= 0.6 is 0 Å². The molecule has 3 aliphatic rings. The van der Waals surface area contributed by atoms with Gasteiger partial charge < -0.3 is 19.9 Å². The molecule has 0 bridgehead atoms. The molecule has 3 aliphatic heterocycles. The molecule has 4 amide bonds. The Bertz CT molecular complexity index is 1980. The number of ether oxygens (including phenoxy) is 1. The Morgan fingerprint density at radius 3 is 2.77 bits per heavy atom. The highest BCUT2D eigenvalue weighted by molar-refractivity contribution is 6.06. The number of aromatic nitrogens is 3. The second kappa shape index (κ2) is 13.3. The summed E-state index contributed by atoms with van der Waals surface area (Å²) in [6.45, 7) is 1.76. The van der Waals surface area contributed by atoms with Gasteiger partial charge in [0, 0.05) is 72.2 Å². The lowest BCUT2D eigenvalue weighted by Gasteiger charge is -2.29. The van der Waals surface area contributed by atoms with E-state index in [1.165, 1.54) is 23.2 Å². The lowest BCUT2D eigenvalue weighted by atomic mass is 10.0. The van der Waals surface area contributed by atoms with E-state index < -0.39 is 11.9 Å². The predicted molar refractivity (Wildman–Crippen MR) is 177 cm³/mol. The standard InChI is InChI=1S/C36H35N7O5/c1-42-15-6-10-29(42)28-17-24-20-37-31(18-27(24)39-28)40-34(45)23-11-14-33(38-19-23)48-16-4-2-3-7-22-8-5-9-25-26(22)21-43(36(25)47)30-12-13-32(44)41-35(30)46/h5,8-9,11,14,17-20,29-30,39H,2,4,6,10,12-13,15-16,21H2,1H3,(H,37,40,45)(H,41,44,46)/t29-,30?/m1/s1. The Morgan fingerprint density at radius 2 is 1.98 bits per heavy atom. The Kier molecular flexibility index (Phi) is 8.61. The molecule has 0 aliphatic carbocycles. The quantitative estimate of drug-likeness (QED) is 0.148. The number of piperidine rings is 1. The average molecular weight is 646 g/mol. The summed E-state index contributed by atoms with van der Waals surface area (Å²) < 4.78 is 5.75. The lowest BCUT2D eigenvalue weighted by Crippen LogP contribution is -2.52. The minimum atomic E-state index is -0.660. The van der Waals surface area contributed by atoms with E-state index in [0.29, 0.717) is 54.7 Å². The SMILES string of the molecule is CN1CCC[C@@H]1c1cc2cnc(NC(=O)c3ccc(OCCCC#Cc4cccc5c4CN(C4CCC(=O)NC4=O)C5=O)nc3)cc2[nH]1. The number of likely N-dealkylation sites (tertiary alicyclic amines) is 1. The summed E-state index contributed by atoms with van der Waals surface area (Å²) in [5, 5.41) is 6.19. The van der Waals surface area contributed by atoms with Crippen LogP contribution in [0.1, 0.15) is 82.1 Å². The number of carbonyl (C=O) groups is 4. The van der Waals surface area contributed by atoms with Crippen molar-refractivity contribution in [2.45, 2.75) is 57.2 Å². The third-order valence-electron chi connectivity index (χ3n) is 9.15. The molecule has 0 saturated carbocycles. The van der Waals surface area contributed by atoms with Crippen LogP contribution in [0.5, 0.6) is 5.88 Å². The molecular formula is C36H35N7O5. The topological polar surface area (TPSA) is 150 Å². The zero-order valence-electron chi connectivity index (χ0n) is 26.5. The van der Waals surface area contributed by atoms with Crippen LogP contribution in [0, 0.1) is 11.8 Å². The number of pyridine rings is 2. The molecule has 244 valence electrons. The fraction of sp³-hybridized carbons (Fsp3) is 0.333. The zero-order valence-corrected chi connectivity index (χ0v) is 26.5. The van der Waals surface area contributed by atoms with Gasteiger partial charge in [-0.25, -0.2) is 9.97 Å². The number of fused-ring (bicyclic) bond motifs is 2. The zero-order chi connectivity index (χ0) is 33.2. The molecule has 1 aromatic carbocycles. The van der Waals surface area contributed by atoms with E-state index in [9.17, 15) is 19.2 Å². The molecule has 4 aromatic rings. The van der Waals surface area contributed by atoms with Crippen molar-refractivity contribution in [1.82, 2.24) is 30.1 Å². The van der Waals surface area contributed by atoms with E-state index in [2.05, 4.69) is 55.4 Å². The van der Waals surface area contributed by atoms with Crippen molar-refractivity contribution in [2.75, 3.05) is 25.5 Å². The largest absolute Gasteiger partial charge is 0.478 e. The first-order valence-corrected chi connectivity index (χ1v) is 16.2. The summed E-state index contributed by atoms with van der Waals surface area (Å²) in [5.74, 6) is 5.90. The number of unbranched alkanes of at least 4 members (excludes halogenated alkanes) is 1. The minimum absolute atomic E-state index is 0.212. The number of amides is 4. The highest BCUT2D eigenvalue weighted by Gasteiger charge is 2.39. The van der Waals surface area contributed by atoms with E-state index in [0.717, 1.165) is 35.0 Å². The van der Waals surface area contributed by atoms with Gasteiger partial charge in [0.05, 0.1) is 17.7 Å². The molecule has 0 radical (unpaired) electrons. The van der Waals surface area contributed by atoms with E-state index in [4.69, 9.17) is 4.74 Å². The molecule has 7 rings (SSSR count). The highest BCUT2D eigenvalue weighted by atomic mass is 16.5. The monoisotopic (exact) mass is 645 g/mol. The second-order valence-corrected chi connectivity index (χ2v) is 12.3. The van der Waals surface area contributed by atoms with Crippen molar-refractivity contribution < 1.29 is 23.9 Å². The van der Waals surface area contributed by atoms with Gasteiger partial charge in [-0.05, 0) is 69.1 Å². The summed E-state index contributed by atoms with van der Waals surface area (Å²) in [6, 6.07) is 12.4. The number of H-pyrrole nitrogens is 1. The first kappa shape index (κ1) is 31.1. The summed E-state index contributed by atoms with van der Waals surface area (Å²) in [7, 11) is 2.14. The Morgan fingerprint density at radius 1 is 1.08 bits per heavy atom. The Labute approximate surface area is 277 Å². The van der Waals surface area contributed by atoms with Crippen molar-refractivity contribution in [3.05, 3.63) is 82.8 Å². The third-order valence-corrected chi connectivity index (χ3v) is 9.15. The number of rotatable bonds is 8. The summed E-state index contributed by atoms with van der Waals surface area (Å²) >= 11 is 0. The maximum Gasteiger partial charge on any atom is 0.258 e. The maximum atomic E-state index is 13.0. The van der Waals surface area contributed by atoms with Crippen LogP contribution in [-0.2, 0) is 16.1 Å². The molecule has 2 fully saturated rings. The van der Waals surface area contributed by atoms with Gasteiger partial charge in [0.25, 0.3) is 11.8 Å². The summed E-state index contributed by atoms with van der Waals surface area (Å²) in [5.41, 5.74) is 4.57. The number of anilines is 1. The van der Waals surface area contributed by atoms with Crippen molar-refractivity contribution in [3.63, 3.8) is 0 Å². The van der Waals surface area contributed by atoms with Crippen LogP contribution in [0.2, 0.25) is 0 Å². The van der Waals surface area contributed by atoms with E-state index in [-0.39, 0.29) is 30.7 Å². The molecule has 48 heavy (non-hydrogen) atoms. The van der Waals surface area contributed by atoms with E-state index >= 15 is 0 Å². The van der Waals surface area contributed by atoms with Crippen molar-refractivity contribution in [3.8, 4) is 17.7 Å². The molecule has 0 spiro atoms. The first-order chi connectivity index (χ1) is 23.3.